The molecule has 0 bridgehead atoms. The number of nitrogens with one attached hydrogen (secondary N) is 1. The van der Waals surface area contributed by atoms with Crippen molar-refractivity contribution < 1.29 is 0 Å². The first kappa shape index (κ1) is 21.3. The number of nitrogens with zero attached hydrogens (tertiary/aromatic N) is 8. The zero-order chi connectivity index (χ0) is 24.0. The maximum atomic E-state index is 9.56. The minimum absolute atomic E-state index is 0.237. The smallest absolute Gasteiger partial charge is 0.219 e. The van der Waals surface area contributed by atoms with Crippen LogP contribution in [-0.4, -0.2) is 35.3 Å². The molecule has 4 heterocycles. The third-order valence-electron chi connectivity index (χ3n) is 5.76. The van der Waals surface area contributed by atoms with Crippen LogP contribution in [0, 0.1) is 18.3 Å². The fraction of sp³-hybridized carbons (Fsp3) is 0.250. The fourth-order valence-corrected chi connectivity index (χ4v) is 4.26. The van der Waals surface area contributed by atoms with Crippen LogP contribution in [0.5, 0.6) is 0 Å². The second-order valence-corrected chi connectivity index (χ2v) is 9.08. The number of aryl methyl sites for hydroxylation is 1. The van der Waals surface area contributed by atoms with Crippen LogP contribution in [0.25, 0.3) is 16.8 Å². The van der Waals surface area contributed by atoms with Crippen LogP contribution in [-0.2, 0) is 0 Å². The molecule has 3 aromatic heterocycles. The Morgan fingerprint density at radius 1 is 1.03 bits per heavy atom. The van der Waals surface area contributed by atoms with Crippen molar-refractivity contribution in [1.82, 2.24) is 29.7 Å². The quantitative estimate of drug-likeness (QED) is 0.478. The molecule has 0 spiro atoms. The lowest BCUT2D eigenvalue weighted by atomic mass is 10.0. The molecule has 0 saturated heterocycles. The number of pyridine rings is 1. The third-order valence-corrected chi connectivity index (χ3v) is 5.76. The van der Waals surface area contributed by atoms with Gasteiger partial charge in [0.2, 0.25) is 5.95 Å². The summed E-state index contributed by atoms with van der Waals surface area (Å²) >= 11 is 0. The van der Waals surface area contributed by atoms with Gasteiger partial charge in [0.05, 0.1) is 17.1 Å². The summed E-state index contributed by atoms with van der Waals surface area (Å²) in [5, 5.41) is 17.6. The average molecular weight is 453 g/mol. The lowest BCUT2D eigenvalue weighted by molar-refractivity contribution is 0.470. The van der Waals surface area contributed by atoms with Gasteiger partial charge in [-0.1, -0.05) is 6.07 Å². The number of fused-ring (bicyclic) bond motifs is 1. The van der Waals surface area contributed by atoms with Gasteiger partial charge in [0, 0.05) is 23.5 Å². The number of hydrogen-bond donors (Lipinski definition) is 2. The number of anilines is 3. The number of nitrogens with two attached hydrogens (primary N) is 1. The number of nitrogen functional groups attached to an aromatic ring is 1. The zero-order valence-corrected chi connectivity index (χ0v) is 19.4. The summed E-state index contributed by atoms with van der Waals surface area (Å²) in [6, 6.07) is 11.9. The maximum Gasteiger partial charge on any atom is 0.219 e. The summed E-state index contributed by atoms with van der Waals surface area (Å²) in [4.78, 5) is 19.5. The van der Waals surface area contributed by atoms with E-state index in [0.29, 0.717) is 11.4 Å². The molecule has 0 aliphatic carbocycles. The molecule has 0 radical (unpaired) electrons. The lowest BCUT2D eigenvalue weighted by Gasteiger charge is -2.39. The van der Waals surface area contributed by atoms with Gasteiger partial charge in [-0.15, -0.1) is 0 Å². The molecular weight excluding hydrogens is 428 g/mol. The first-order valence-electron chi connectivity index (χ1n) is 10.8. The minimum atomic E-state index is -0.334. The average Bonchev–Trinajstić information content (AvgIpc) is 3.42. The Hall–Kier alpha value is -4.52. The Kier molecular flexibility index (Phi) is 4.90. The van der Waals surface area contributed by atoms with Gasteiger partial charge in [0.1, 0.15) is 35.8 Å². The second-order valence-electron chi connectivity index (χ2n) is 9.08. The standard InChI is InChI=1S/C24H24N10/c1-14-29-13-30-34(14)20-8-6-17(10-25)31-21(20)22-32-18-9-15(16-11-27-23(26)28-12-16)5-7-19(18)33(22)24(2,3)4/h5-9,11-13,22,32H,1-4H3,(H2,26,27,28). The molecule has 10 heteroatoms. The van der Waals surface area contributed by atoms with Crippen molar-refractivity contribution >= 4 is 17.3 Å². The first-order chi connectivity index (χ1) is 16.3. The Morgan fingerprint density at radius 3 is 2.41 bits per heavy atom. The van der Waals surface area contributed by atoms with E-state index in [4.69, 9.17) is 10.7 Å². The molecule has 10 nitrogen and oxygen atoms in total. The van der Waals surface area contributed by atoms with Gasteiger partial charge < -0.3 is 16.0 Å². The van der Waals surface area contributed by atoms with Crippen LogP contribution in [0.1, 0.15) is 44.1 Å². The van der Waals surface area contributed by atoms with E-state index in [1.165, 1.54) is 6.33 Å². The van der Waals surface area contributed by atoms with Gasteiger partial charge in [-0.25, -0.2) is 24.6 Å². The van der Waals surface area contributed by atoms with Crippen molar-refractivity contribution in [2.45, 2.75) is 39.4 Å². The molecule has 34 heavy (non-hydrogen) atoms. The van der Waals surface area contributed by atoms with E-state index in [0.717, 1.165) is 34.0 Å². The van der Waals surface area contributed by atoms with E-state index in [2.05, 4.69) is 69.2 Å². The largest absolute Gasteiger partial charge is 0.368 e. The van der Waals surface area contributed by atoms with Gasteiger partial charge in [0.15, 0.2) is 0 Å². The molecule has 5 rings (SSSR count). The normalized spacial score (nSPS) is 15.0. The van der Waals surface area contributed by atoms with Crippen LogP contribution < -0.4 is 16.0 Å². The second kappa shape index (κ2) is 7.81. The molecule has 1 aliphatic heterocycles. The molecule has 1 unspecified atom stereocenters. The summed E-state index contributed by atoms with van der Waals surface area (Å²) in [5.41, 5.74) is 11.0. The van der Waals surface area contributed by atoms with Crippen molar-refractivity contribution in [3.8, 4) is 22.9 Å². The molecule has 0 amide bonds. The highest BCUT2D eigenvalue weighted by atomic mass is 15.4. The Morgan fingerprint density at radius 2 is 1.76 bits per heavy atom. The minimum Gasteiger partial charge on any atom is -0.368 e. The van der Waals surface area contributed by atoms with Crippen molar-refractivity contribution in [1.29, 1.82) is 5.26 Å². The summed E-state index contributed by atoms with van der Waals surface area (Å²) in [6.45, 7) is 8.32. The van der Waals surface area contributed by atoms with E-state index >= 15 is 0 Å². The number of nitriles is 1. The SMILES string of the molecule is Cc1ncnn1-c1ccc(C#N)nc1C1Nc2cc(-c3cnc(N)nc3)ccc2N1C(C)(C)C. The van der Waals surface area contributed by atoms with Gasteiger partial charge >= 0.3 is 0 Å². The van der Waals surface area contributed by atoms with Crippen molar-refractivity contribution in [2.24, 2.45) is 0 Å². The summed E-state index contributed by atoms with van der Waals surface area (Å²) in [6.07, 6.45) is 4.60. The number of aromatic nitrogens is 6. The molecular formula is C24H24N10. The van der Waals surface area contributed by atoms with Crippen LogP contribution in [0.2, 0.25) is 0 Å². The third kappa shape index (κ3) is 3.57. The monoisotopic (exact) mass is 452 g/mol. The molecule has 1 atom stereocenters. The Labute approximate surface area is 197 Å². The highest BCUT2D eigenvalue weighted by molar-refractivity contribution is 5.83. The predicted molar refractivity (Wildman–Crippen MR) is 129 cm³/mol. The number of hydrogen-bond acceptors (Lipinski definition) is 9. The van der Waals surface area contributed by atoms with Crippen molar-refractivity contribution in [3.63, 3.8) is 0 Å². The van der Waals surface area contributed by atoms with Gasteiger partial charge in [-0.3, -0.25) is 0 Å². The Bertz CT molecular complexity index is 1410. The van der Waals surface area contributed by atoms with Crippen LogP contribution >= 0.6 is 0 Å². The van der Waals surface area contributed by atoms with E-state index < -0.39 is 0 Å². The van der Waals surface area contributed by atoms with Crippen LogP contribution in [0.4, 0.5) is 17.3 Å². The molecule has 3 N–H and O–H groups in total. The molecule has 0 saturated carbocycles. The molecule has 0 fully saturated rings. The topological polar surface area (TPSA) is 134 Å². The van der Waals surface area contributed by atoms with Gasteiger partial charge in [0.25, 0.3) is 0 Å². The van der Waals surface area contributed by atoms with Gasteiger partial charge in [-0.05, 0) is 57.5 Å². The van der Waals surface area contributed by atoms with Crippen molar-refractivity contribution in [2.75, 3.05) is 16.0 Å². The summed E-state index contributed by atoms with van der Waals surface area (Å²) in [5.74, 6) is 0.970. The van der Waals surface area contributed by atoms with Crippen molar-refractivity contribution in [3.05, 3.63) is 66.3 Å². The summed E-state index contributed by atoms with van der Waals surface area (Å²) in [7, 11) is 0. The van der Waals surface area contributed by atoms with E-state index in [-0.39, 0.29) is 17.7 Å². The fourth-order valence-electron chi connectivity index (χ4n) is 4.26. The molecule has 1 aromatic carbocycles. The highest BCUT2D eigenvalue weighted by Gasteiger charge is 2.39. The van der Waals surface area contributed by atoms with E-state index in [1.54, 1.807) is 23.1 Å². The van der Waals surface area contributed by atoms with E-state index in [9.17, 15) is 5.26 Å². The van der Waals surface area contributed by atoms with Crippen LogP contribution in [0.15, 0.2) is 49.1 Å². The van der Waals surface area contributed by atoms with Gasteiger partial charge in [-0.2, -0.15) is 10.4 Å². The number of benzene rings is 1. The predicted octanol–water partition coefficient (Wildman–Crippen LogP) is 3.61. The first-order valence-corrected chi connectivity index (χ1v) is 10.8. The molecule has 170 valence electrons. The molecule has 4 aromatic rings. The zero-order valence-electron chi connectivity index (χ0n) is 19.4. The molecule has 1 aliphatic rings. The number of rotatable bonds is 3. The maximum absolute atomic E-state index is 9.56. The Balaban J connectivity index is 1.65. The van der Waals surface area contributed by atoms with E-state index in [1.807, 2.05) is 19.1 Å². The summed E-state index contributed by atoms with van der Waals surface area (Å²) < 4.78 is 1.74. The highest BCUT2D eigenvalue weighted by Crippen LogP contribution is 2.47. The lowest BCUT2D eigenvalue weighted by Crippen LogP contribution is -2.44. The van der Waals surface area contributed by atoms with Crippen LogP contribution in [0.3, 0.4) is 0 Å².